The molecule has 4 nitrogen and oxygen atoms in total. The molecule has 0 fully saturated rings. The van der Waals surface area contributed by atoms with E-state index in [0.29, 0.717) is 11.4 Å². The maximum absolute atomic E-state index is 12.5. The number of benzene rings is 7. The average molecular weight is 754 g/mol. The third-order valence-corrected chi connectivity index (χ3v) is 11.2. The minimum Gasteiger partial charge on any atom is -0.507 e. The summed E-state index contributed by atoms with van der Waals surface area (Å²) in [6, 6.07) is 57.6. The van der Waals surface area contributed by atoms with E-state index in [-0.39, 0.29) is 16.6 Å². The number of para-hydroxylation sites is 1. The number of pyridine rings is 1. The molecule has 9 rings (SSSR count). The van der Waals surface area contributed by atoms with Gasteiger partial charge in [-0.05, 0) is 86.5 Å². The second-order valence-corrected chi connectivity index (χ2v) is 17.3. The molecule has 0 aliphatic carbocycles. The van der Waals surface area contributed by atoms with Crippen molar-refractivity contribution >= 4 is 21.8 Å². The molecule has 284 valence electrons. The highest BCUT2D eigenvalue weighted by Gasteiger charge is 2.29. The summed E-state index contributed by atoms with van der Waals surface area (Å²) < 4.78 is 2.30. The minimum atomic E-state index is -0.323. The highest BCUT2D eigenvalue weighted by Crippen LogP contribution is 2.46. The Morgan fingerprint density at radius 1 is 0.500 bits per heavy atom. The SMILES string of the molecule is CC(C)(C)c1cc(-c2nc3c(-c4cc(-c5ccccc5)cc(-c5ccccn5)c4)cccc3n2-c2c(-c3ccccc3)ccc3ccccc23)c(O)c(C(C)(C)C)c1. The molecule has 0 saturated carbocycles. The lowest BCUT2D eigenvalue weighted by Crippen LogP contribution is -2.17. The van der Waals surface area contributed by atoms with Crippen LogP contribution in [0, 0.1) is 0 Å². The summed E-state index contributed by atoms with van der Waals surface area (Å²) in [5, 5.41) is 14.7. The maximum atomic E-state index is 12.5. The first kappa shape index (κ1) is 36.8. The molecule has 0 atom stereocenters. The second kappa shape index (κ2) is 14.3. The summed E-state index contributed by atoms with van der Waals surface area (Å²) in [4.78, 5) is 10.4. The van der Waals surface area contributed by atoms with Gasteiger partial charge < -0.3 is 5.11 Å². The number of phenolic OH excluding ortho intramolecular Hbond substituents is 1. The standard InChI is InChI=1S/C54H47N3O/c1-53(2,3)41-33-45(51(58)46(34-41)54(4,5)6)52-56-49-42(39-30-38(35-18-9-7-10-19-35)31-40(32-39)47-25-15-16-29-55-47)24-17-26-48(49)57(52)50-43-23-14-13-22-37(43)27-28-44(50)36-20-11-8-12-21-36/h7-34,58H,1-6H3. The molecule has 1 N–H and O–H groups in total. The highest BCUT2D eigenvalue weighted by molar-refractivity contribution is 6.03. The Labute approximate surface area is 341 Å². The number of fused-ring (bicyclic) bond motifs is 2. The minimum absolute atomic E-state index is 0.182. The van der Waals surface area contributed by atoms with Gasteiger partial charge in [0.05, 0.1) is 28.0 Å². The van der Waals surface area contributed by atoms with Gasteiger partial charge in [-0.25, -0.2) is 4.98 Å². The molecule has 0 aliphatic rings. The Hall–Kier alpha value is -6.78. The van der Waals surface area contributed by atoms with Crippen molar-refractivity contribution in [1.82, 2.24) is 14.5 Å². The normalized spacial score (nSPS) is 12.0. The molecule has 0 aliphatic heterocycles. The summed E-state index contributed by atoms with van der Waals surface area (Å²) in [7, 11) is 0. The van der Waals surface area contributed by atoms with Crippen LogP contribution in [0.5, 0.6) is 5.75 Å². The zero-order valence-electron chi connectivity index (χ0n) is 34.0. The number of imidazole rings is 1. The van der Waals surface area contributed by atoms with E-state index < -0.39 is 0 Å². The summed E-state index contributed by atoms with van der Waals surface area (Å²) in [6.07, 6.45) is 1.84. The Bertz CT molecular complexity index is 2890. The highest BCUT2D eigenvalue weighted by atomic mass is 16.3. The molecule has 0 unspecified atom stereocenters. The van der Waals surface area contributed by atoms with Crippen molar-refractivity contribution in [1.29, 1.82) is 0 Å². The number of hydrogen-bond donors (Lipinski definition) is 1. The molecule has 2 heterocycles. The van der Waals surface area contributed by atoms with Crippen LogP contribution in [0.4, 0.5) is 0 Å². The molecule has 4 heteroatoms. The second-order valence-electron chi connectivity index (χ2n) is 17.3. The summed E-state index contributed by atoms with van der Waals surface area (Å²) >= 11 is 0. The van der Waals surface area contributed by atoms with Gasteiger partial charge in [-0.15, -0.1) is 0 Å². The molecule has 58 heavy (non-hydrogen) atoms. The van der Waals surface area contributed by atoms with E-state index in [9.17, 15) is 5.11 Å². The summed E-state index contributed by atoms with van der Waals surface area (Å²) in [5.41, 5.74) is 13.4. The monoisotopic (exact) mass is 753 g/mol. The fraction of sp³-hybridized carbons (Fsp3) is 0.148. The van der Waals surface area contributed by atoms with E-state index in [1.807, 2.05) is 24.4 Å². The summed E-state index contributed by atoms with van der Waals surface area (Å²) in [6.45, 7) is 13.2. The number of aromatic nitrogens is 3. The molecule has 0 radical (unpaired) electrons. The molecule has 2 aromatic heterocycles. The van der Waals surface area contributed by atoms with Crippen LogP contribution in [-0.4, -0.2) is 19.6 Å². The van der Waals surface area contributed by atoms with Crippen molar-refractivity contribution in [2.75, 3.05) is 0 Å². The van der Waals surface area contributed by atoms with E-state index in [0.717, 1.165) is 83.3 Å². The van der Waals surface area contributed by atoms with Gasteiger partial charge in [0.25, 0.3) is 0 Å². The van der Waals surface area contributed by atoms with Gasteiger partial charge in [-0.1, -0.05) is 163 Å². The lowest BCUT2D eigenvalue weighted by atomic mass is 9.79. The largest absolute Gasteiger partial charge is 0.507 e. The van der Waals surface area contributed by atoms with Crippen molar-refractivity contribution in [3.05, 3.63) is 181 Å². The van der Waals surface area contributed by atoms with Crippen molar-refractivity contribution in [2.45, 2.75) is 52.4 Å². The summed E-state index contributed by atoms with van der Waals surface area (Å²) in [5.74, 6) is 0.942. The zero-order chi connectivity index (χ0) is 40.2. The van der Waals surface area contributed by atoms with Crippen LogP contribution in [0.15, 0.2) is 170 Å². The molecular formula is C54H47N3O. The Balaban J connectivity index is 1.43. The average Bonchev–Trinajstić information content (AvgIpc) is 3.62. The Morgan fingerprint density at radius 2 is 1.17 bits per heavy atom. The van der Waals surface area contributed by atoms with Crippen molar-refractivity contribution in [2.24, 2.45) is 0 Å². The first-order valence-electron chi connectivity index (χ1n) is 20.1. The smallest absolute Gasteiger partial charge is 0.149 e. The Morgan fingerprint density at radius 3 is 1.88 bits per heavy atom. The van der Waals surface area contributed by atoms with Crippen LogP contribution in [0.2, 0.25) is 0 Å². The third-order valence-electron chi connectivity index (χ3n) is 11.2. The lowest BCUT2D eigenvalue weighted by molar-refractivity contribution is 0.446. The van der Waals surface area contributed by atoms with E-state index >= 15 is 0 Å². The fourth-order valence-electron chi connectivity index (χ4n) is 8.16. The van der Waals surface area contributed by atoms with Crippen LogP contribution in [0.3, 0.4) is 0 Å². The predicted octanol–water partition coefficient (Wildman–Crippen LogP) is 14.2. The van der Waals surface area contributed by atoms with E-state index in [2.05, 4.69) is 192 Å². The first-order valence-corrected chi connectivity index (χ1v) is 20.1. The van der Waals surface area contributed by atoms with Gasteiger partial charge in [0.15, 0.2) is 0 Å². The van der Waals surface area contributed by atoms with Crippen LogP contribution < -0.4 is 0 Å². The molecule has 0 amide bonds. The number of phenols is 1. The van der Waals surface area contributed by atoms with Gasteiger partial charge in [0.1, 0.15) is 11.6 Å². The first-order chi connectivity index (χ1) is 28.0. The third kappa shape index (κ3) is 6.65. The number of hydrogen-bond acceptors (Lipinski definition) is 3. The fourth-order valence-corrected chi connectivity index (χ4v) is 8.16. The number of aromatic hydroxyl groups is 1. The molecule has 0 bridgehead atoms. The van der Waals surface area contributed by atoms with Crippen LogP contribution in [0.1, 0.15) is 52.7 Å². The zero-order valence-corrected chi connectivity index (χ0v) is 34.0. The molecule has 0 saturated heterocycles. The van der Waals surface area contributed by atoms with Gasteiger partial charge in [0.2, 0.25) is 0 Å². The van der Waals surface area contributed by atoms with E-state index in [4.69, 9.17) is 9.97 Å². The van der Waals surface area contributed by atoms with Gasteiger partial charge in [-0.2, -0.15) is 0 Å². The van der Waals surface area contributed by atoms with Crippen LogP contribution in [0.25, 0.3) is 83.5 Å². The van der Waals surface area contributed by atoms with E-state index in [1.165, 1.54) is 0 Å². The van der Waals surface area contributed by atoms with Crippen LogP contribution >= 0.6 is 0 Å². The number of rotatable bonds is 6. The van der Waals surface area contributed by atoms with Gasteiger partial charge in [0, 0.05) is 33.8 Å². The van der Waals surface area contributed by atoms with Gasteiger partial charge >= 0.3 is 0 Å². The maximum Gasteiger partial charge on any atom is 0.149 e. The molecular weight excluding hydrogens is 707 g/mol. The molecule has 7 aromatic carbocycles. The lowest BCUT2D eigenvalue weighted by Gasteiger charge is -2.28. The Kier molecular flexibility index (Phi) is 9.09. The number of nitrogens with zero attached hydrogens (tertiary/aromatic N) is 3. The van der Waals surface area contributed by atoms with Crippen molar-refractivity contribution < 1.29 is 5.11 Å². The van der Waals surface area contributed by atoms with Crippen molar-refractivity contribution in [3.8, 4) is 67.5 Å². The van der Waals surface area contributed by atoms with Crippen molar-refractivity contribution in [3.63, 3.8) is 0 Å². The van der Waals surface area contributed by atoms with Gasteiger partial charge in [-0.3, -0.25) is 9.55 Å². The molecule has 0 spiro atoms. The topological polar surface area (TPSA) is 50.9 Å². The predicted molar refractivity (Wildman–Crippen MR) is 243 cm³/mol. The van der Waals surface area contributed by atoms with E-state index in [1.54, 1.807) is 0 Å². The quantitative estimate of drug-likeness (QED) is 0.184. The van der Waals surface area contributed by atoms with Crippen LogP contribution in [-0.2, 0) is 10.8 Å². The molecule has 9 aromatic rings.